The molecule has 6 unspecified atom stereocenters. The second kappa shape index (κ2) is 9.54. The SMILES string of the molecule is CC1(c2ccccc2)C(Cl)C(C(=O)O)(c2ccccc2)C(C)(c2ccccc2)C(C)(Cl)C1(C)c1ccccc1. The summed E-state index contributed by atoms with van der Waals surface area (Å²) < 4.78 is 0. The molecule has 5 rings (SSSR count). The fourth-order valence-corrected chi connectivity index (χ4v) is 9.06. The molecule has 4 heteroatoms. The van der Waals surface area contributed by atoms with E-state index >= 15 is 0 Å². The minimum Gasteiger partial charge on any atom is -0.481 e. The normalized spacial score (nSPS) is 34.4. The Morgan fingerprint density at radius 3 is 1.31 bits per heavy atom. The zero-order chi connectivity index (χ0) is 28.1. The van der Waals surface area contributed by atoms with Crippen LogP contribution >= 0.6 is 23.2 Å². The number of alkyl halides is 2. The van der Waals surface area contributed by atoms with Crippen LogP contribution in [0.2, 0.25) is 0 Å². The number of hydrogen-bond donors (Lipinski definition) is 1. The number of halogens is 2. The molecule has 4 aromatic rings. The first kappa shape index (κ1) is 27.5. The average molecular weight is 558 g/mol. The molecule has 0 bridgehead atoms. The molecule has 2 nitrogen and oxygen atoms in total. The fraction of sp³-hybridized carbons (Fsp3) is 0.286. The summed E-state index contributed by atoms with van der Waals surface area (Å²) in [5, 5.41) is 10.6. The summed E-state index contributed by atoms with van der Waals surface area (Å²) in [4.78, 5) is 12.9. The second-order valence-corrected chi connectivity index (χ2v) is 12.6. The summed E-state index contributed by atoms with van der Waals surface area (Å²) in [6, 6.07) is 39.4. The van der Waals surface area contributed by atoms with Crippen LogP contribution in [0.3, 0.4) is 0 Å². The maximum Gasteiger partial charge on any atom is 0.316 e. The van der Waals surface area contributed by atoms with E-state index < -0.39 is 37.9 Å². The van der Waals surface area contributed by atoms with Gasteiger partial charge in [0, 0.05) is 16.2 Å². The van der Waals surface area contributed by atoms with Gasteiger partial charge in [0.2, 0.25) is 0 Å². The van der Waals surface area contributed by atoms with E-state index in [1.165, 1.54) is 0 Å². The van der Waals surface area contributed by atoms with E-state index in [1.54, 1.807) is 0 Å². The lowest BCUT2D eigenvalue weighted by Crippen LogP contribution is -2.82. The first-order valence-corrected chi connectivity index (χ1v) is 14.1. The first-order valence-electron chi connectivity index (χ1n) is 13.3. The molecule has 39 heavy (non-hydrogen) atoms. The largest absolute Gasteiger partial charge is 0.481 e. The molecule has 0 amide bonds. The highest BCUT2D eigenvalue weighted by atomic mass is 35.5. The van der Waals surface area contributed by atoms with Gasteiger partial charge in [0.15, 0.2) is 0 Å². The van der Waals surface area contributed by atoms with Crippen molar-refractivity contribution in [2.24, 2.45) is 0 Å². The van der Waals surface area contributed by atoms with Gasteiger partial charge in [-0.1, -0.05) is 142 Å². The van der Waals surface area contributed by atoms with Gasteiger partial charge in [0.05, 0.1) is 10.3 Å². The van der Waals surface area contributed by atoms with Crippen molar-refractivity contribution in [3.8, 4) is 0 Å². The van der Waals surface area contributed by atoms with Crippen LogP contribution in [0.15, 0.2) is 121 Å². The molecule has 1 aliphatic carbocycles. The molecule has 6 atom stereocenters. The van der Waals surface area contributed by atoms with Crippen molar-refractivity contribution in [2.75, 3.05) is 0 Å². The van der Waals surface area contributed by atoms with Gasteiger partial charge >= 0.3 is 5.97 Å². The molecule has 1 fully saturated rings. The smallest absolute Gasteiger partial charge is 0.316 e. The molecular weight excluding hydrogens is 523 g/mol. The Morgan fingerprint density at radius 2 is 0.923 bits per heavy atom. The van der Waals surface area contributed by atoms with Gasteiger partial charge in [-0.05, 0) is 29.2 Å². The predicted octanol–water partition coefficient (Wildman–Crippen LogP) is 8.50. The molecule has 0 radical (unpaired) electrons. The number of carbonyl (C=O) groups is 1. The zero-order valence-electron chi connectivity index (χ0n) is 22.7. The summed E-state index contributed by atoms with van der Waals surface area (Å²) in [6.07, 6.45) is 0. The molecule has 4 aromatic carbocycles. The molecule has 0 aromatic heterocycles. The first-order chi connectivity index (χ1) is 18.5. The quantitative estimate of drug-likeness (QED) is 0.250. The van der Waals surface area contributed by atoms with Gasteiger partial charge < -0.3 is 5.11 Å². The van der Waals surface area contributed by atoms with Crippen molar-refractivity contribution in [1.82, 2.24) is 0 Å². The van der Waals surface area contributed by atoms with E-state index in [2.05, 4.69) is 26.0 Å². The fourth-order valence-electron chi connectivity index (χ4n) is 7.71. The Kier molecular flexibility index (Phi) is 6.72. The second-order valence-electron chi connectivity index (χ2n) is 11.4. The lowest BCUT2D eigenvalue weighted by Gasteiger charge is -2.72. The predicted molar refractivity (Wildman–Crippen MR) is 161 cm³/mol. The van der Waals surface area contributed by atoms with Crippen LogP contribution in [0, 0.1) is 0 Å². The third-order valence-corrected chi connectivity index (χ3v) is 11.8. The van der Waals surface area contributed by atoms with E-state index in [1.807, 2.05) is 123 Å². The topological polar surface area (TPSA) is 37.3 Å². The van der Waals surface area contributed by atoms with Crippen molar-refractivity contribution in [3.63, 3.8) is 0 Å². The standard InChI is InChI=1S/C35H34Cl2O2/c1-31(25-17-9-5-10-18-25)29(36)35(30(38)39,28-23-15-8-16-24-28)33(3,27-21-13-7-14-22-27)34(4,37)32(31,2)26-19-11-6-12-20-26/h5-24,29H,1-4H3,(H,38,39). The average Bonchev–Trinajstić information content (AvgIpc) is 2.97. The van der Waals surface area contributed by atoms with Crippen LogP contribution in [0.1, 0.15) is 49.9 Å². The van der Waals surface area contributed by atoms with Crippen LogP contribution in [-0.4, -0.2) is 21.3 Å². The van der Waals surface area contributed by atoms with Crippen molar-refractivity contribution in [3.05, 3.63) is 144 Å². The highest BCUT2D eigenvalue weighted by Crippen LogP contribution is 2.73. The number of carboxylic acid groups (broad SMARTS) is 1. The Hall–Kier alpha value is -3.07. The lowest BCUT2D eigenvalue weighted by atomic mass is 9.34. The van der Waals surface area contributed by atoms with Crippen LogP contribution in [-0.2, 0) is 26.5 Å². The minimum atomic E-state index is -1.60. The monoisotopic (exact) mass is 556 g/mol. The number of carboxylic acids is 1. The van der Waals surface area contributed by atoms with Crippen molar-refractivity contribution >= 4 is 29.2 Å². The van der Waals surface area contributed by atoms with E-state index in [-0.39, 0.29) is 0 Å². The van der Waals surface area contributed by atoms with E-state index in [0.717, 1.165) is 16.7 Å². The summed E-state index contributed by atoms with van der Waals surface area (Å²) in [7, 11) is 0. The minimum absolute atomic E-state index is 0.632. The Labute approximate surface area is 241 Å². The summed E-state index contributed by atoms with van der Waals surface area (Å²) in [6.45, 7) is 8.27. The summed E-state index contributed by atoms with van der Waals surface area (Å²) in [5.74, 6) is -0.996. The van der Waals surface area contributed by atoms with E-state index in [4.69, 9.17) is 23.2 Å². The summed E-state index contributed by atoms with van der Waals surface area (Å²) >= 11 is 16.0. The lowest BCUT2D eigenvalue weighted by molar-refractivity contribution is -0.154. The third kappa shape index (κ3) is 3.31. The number of benzene rings is 4. The van der Waals surface area contributed by atoms with Gasteiger partial charge in [-0.2, -0.15) is 0 Å². The van der Waals surface area contributed by atoms with Gasteiger partial charge in [0.1, 0.15) is 5.41 Å². The van der Waals surface area contributed by atoms with Crippen LogP contribution < -0.4 is 0 Å². The molecule has 1 saturated carbocycles. The number of rotatable bonds is 5. The van der Waals surface area contributed by atoms with Crippen LogP contribution in [0.4, 0.5) is 0 Å². The Bertz CT molecular complexity index is 1460. The molecule has 1 N–H and O–H groups in total. The molecule has 200 valence electrons. The molecule has 0 heterocycles. The number of hydrogen-bond acceptors (Lipinski definition) is 1. The molecule has 1 aliphatic rings. The Morgan fingerprint density at radius 1 is 0.590 bits per heavy atom. The van der Waals surface area contributed by atoms with Crippen molar-refractivity contribution in [2.45, 2.75) is 59.6 Å². The molecule has 0 aliphatic heterocycles. The maximum atomic E-state index is 14.1. The number of aliphatic carboxylic acids is 1. The van der Waals surface area contributed by atoms with Gasteiger partial charge in [-0.25, -0.2) is 0 Å². The molecular formula is C35H34Cl2O2. The van der Waals surface area contributed by atoms with Gasteiger partial charge in [-0.3, -0.25) is 4.79 Å². The van der Waals surface area contributed by atoms with Crippen molar-refractivity contribution in [1.29, 1.82) is 0 Å². The van der Waals surface area contributed by atoms with Crippen LogP contribution in [0.5, 0.6) is 0 Å². The van der Waals surface area contributed by atoms with Gasteiger partial charge in [-0.15, -0.1) is 23.2 Å². The van der Waals surface area contributed by atoms with Crippen LogP contribution in [0.25, 0.3) is 0 Å². The Balaban J connectivity index is 2.04. The highest BCUT2D eigenvalue weighted by Gasteiger charge is 2.81. The van der Waals surface area contributed by atoms with E-state index in [0.29, 0.717) is 5.56 Å². The third-order valence-electron chi connectivity index (χ3n) is 10.2. The molecule has 0 spiro atoms. The molecule has 0 saturated heterocycles. The zero-order valence-corrected chi connectivity index (χ0v) is 24.2. The maximum absolute atomic E-state index is 14.1. The van der Waals surface area contributed by atoms with E-state index in [9.17, 15) is 9.90 Å². The highest BCUT2D eigenvalue weighted by molar-refractivity contribution is 6.30. The van der Waals surface area contributed by atoms with Gasteiger partial charge in [0.25, 0.3) is 0 Å². The summed E-state index contributed by atoms with van der Waals surface area (Å²) in [5.41, 5.74) is -1.10. The van der Waals surface area contributed by atoms with Crippen molar-refractivity contribution < 1.29 is 9.90 Å².